The maximum absolute atomic E-state index is 10.9. The van der Waals surface area contributed by atoms with Crippen molar-refractivity contribution in [2.75, 3.05) is 7.11 Å². The molecule has 0 aliphatic heterocycles. The maximum atomic E-state index is 10.9. The van der Waals surface area contributed by atoms with Crippen molar-refractivity contribution in [3.8, 4) is 5.75 Å². The van der Waals surface area contributed by atoms with E-state index >= 15 is 0 Å². The van der Waals surface area contributed by atoms with Gasteiger partial charge >= 0.3 is 0 Å². The third kappa shape index (κ3) is 3.82. The molecule has 0 heterocycles. The molecule has 20 heavy (non-hydrogen) atoms. The van der Waals surface area contributed by atoms with E-state index in [9.17, 15) is 8.42 Å². The van der Waals surface area contributed by atoms with Gasteiger partial charge in [0.05, 0.1) is 12.0 Å². The Hall–Kier alpha value is -1.85. The molecule has 0 aliphatic carbocycles. The minimum Gasteiger partial charge on any atom is -0.497 e. The fraction of sp³-hybridized carbons (Fsp3) is 0.200. The monoisotopic (exact) mass is 292 g/mol. The lowest BCUT2D eigenvalue weighted by atomic mass is 10.0. The summed E-state index contributed by atoms with van der Waals surface area (Å²) in [5, 5.41) is 0. The Morgan fingerprint density at radius 1 is 0.900 bits per heavy atom. The van der Waals surface area contributed by atoms with Crippen LogP contribution in [0.5, 0.6) is 5.75 Å². The maximum Gasteiger partial charge on any atom is 0.294 e. The summed E-state index contributed by atoms with van der Waals surface area (Å²) in [5.74, 6) is 0.825. The van der Waals surface area contributed by atoms with Crippen molar-refractivity contribution in [2.24, 2.45) is 0 Å². The van der Waals surface area contributed by atoms with Gasteiger partial charge in [0.25, 0.3) is 10.1 Å². The quantitative estimate of drug-likeness (QED) is 0.861. The van der Waals surface area contributed by atoms with Crippen LogP contribution in [-0.2, 0) is 23.0 Å². The van der Waals surface area contributed by atoms with E-state index in [-0.39, 0.29) is 4.90 Å². The SMILES string of the molecule is COc1ccc(CCc2ccc(S(=O)(=O)O)cc2)cc1. The Labute approximate surface area is 118 Å². The number of hydrogen-bond acceptors (Lipinski definition) is 3. The van der Waals surface area contributed by atoms with E-state index < -0.39 is 10.1 Å². The Kier molecular flexibility index (Phi) is 4.42. The van der Waals surface area contributed by atoms with Gasteiger partial charge in [0, 0.05) is 0 Å². The lowest BCUT2D eigenvalue weighted by Gasteiger charge is -2.05. The highest BCUT2D eigenvalue weighted by atomic mass is 32.2. The molecule has 0 saturated heterocycles. The minimum absolute atomic E-state index is 0.0781. The fourth-order valence-electron chi connectivity index (χ4n) is 1.91. The van der Waals surface area contributed by atoms with E-state index in [0.29, 0.717) is 0 Å². The van der Waals surface area contributed by atoms with Gasteiger partial charge in [0.15, 0.2) is 0 Å². The number of methoxy groups -OCH3 is 1. The summed E-state index contributed by atoms with van der Waals surface area (Å²) in [5.41, 5.74) is 2.21. The molecule has 0 spiro atoms. The van der Waals surface area contributed by atoms with E-state index in [4.69, 9.17) is 9.29 Å². The molecule has 0 atom stereocenters. The third-order valence-electron chi connectivity index (χ3n) is 3.08. The number of aryl methyl sites for hydroxylation is 2. The molecule has 2 rings (SSSR count). The van der Waals surface area contributed by atoms with Gasteiger partial charge in [0.1, 0.15) is 5.75 Å². The summed E-state index contributed by atoms with van der Waals surface area (Å²) < 4.78 is 35.8. The Balaban J connectivity index is 2.00. The first kappa shape index (κ1) is 14.6. The number of ether oxygens (including phenoxy) is 1. The summed E-state index contributed by atoms with van der Waals surface area (Å²) in [6, 6.07) is 14.1. The predicted molar refractivity (Wildman–Crippen MR) is 76.7 cm³/mol. The number of hydrogen-bond donors (Lipinski definition) is 1. The smallest absolute Gasteiger partial charge is 0.294 e. The normalized spacial score (nSPS) is 11.3. The van der Waals surface area contributed by atoms with Crippen LogP contribution in [0.25, 0.3) is 0 Å². The standard InChI is InChI=1S/C15H16O4S/c1-19-14-8-4-12(5-9-14)2-3-13-6-10-15(11-7-13)20(16,17)18/h4-11H,2-3H2,1H3,(H,16,17,18). The van der Waals surface area contributed by atoms with Gasteiger partial charge in [-0.25, -0.2) is 0 Å². The topological polar surface area (TPSA) is 63.6 Å². The highest BCUT2D eigenvalue weighted by Gasteiger charge is 2.08. The highest BCUT2D eigenvalue weighted by molar-refractivity contribution is 7.85. The average Bonchev–Trinajstić information content (AvgIpc) is 2.45. The molecule has 0 fully saturated rings. The van der Waals surface area contributed by atoms with Crippen LogP contribution in [0.3, 0.4) is 0 Å². The van der Waals surface area contributed by atoms with Crippen molar-refractivity contribution < 1.29 is 17.7 Å². The van der Waals surface area contributed by atoms with Crippen LogP contribution in [0.15, 0.2) is 53.4 Å². The van der Waals surface area contributed by atoms with E-state index in [0.717, 1.165) is 24.2 Å². The van der Waals surface area contributed by atoms with Gasteiger partial charge in [-0.2, -0.15) is 8.42 Å². The molecular weight excluding hydrogens is 276 g/mol. The van der Waals surface area contributed by atoms with Crippen molar-refractivity contribution in [1.29, 1.82) is 0 Å². The van der Waals surface area contributed by atoms with Gasteiger partial charge < -0.3 is 4.74 Å². The third-order valence-corrected chi connectivity index (χ3v) is 3.95. The van der Waals surface area contributed by atoms with Crippen LogP contribution in [0.1, 0.15) is 11.1 Å². The molecule has 4 nitrogen and oxygen atoms in total. The van der Waals surface area contributed by atoms with Crippen LogP contribution >= 0.6 is 0 Å². The largest absolute Gasteiger partial charge is 0.497 e. The van der Waals surface area contributed by atoms with Crippen LogP contribution < -0.4 is 4.74 Å². The molecule has 1 N–H and O–H groups in total. The zero-order valence-electron chi connectivity index (χ0n) is 11.1. The molecular formula is C15H16O4S. The van der Waals surface area contributed by atoms with Gasteiger partial charge in [-0.15, -0.1) is 0 Å². The first-order valence-electron chi connectivity index (χ1n) is 6.18. The van der Waals surface area contributed by atoms with Crippen molar-refractivity contribution >= 4 is 10.1 Å². The number of benzene rings is 2. The minimum atomic E-state index is -4.11. The second-order valence-electron chi connectivity index (χ2n) is 4.47. The zero-order chi connectivity index (χ0) is 14.6. The van der Waals surface area contributed by atoms with Crippen LogP contribution in [0.4, 0.5) is 0 Å². The summed E-state index contributed by atoms with van der Waals surface area (Å²) >= 11 is 0. The lowest BCUT2D eigenvalue weighted by Crippen LogP contribution is -1.98. The van der Waals surface area contributed by atoms with Crippen molar-refractivity contribution in [3.63, 3.8) is 0 Å². The van der Waals surface area contributed by atoms with Gasteiger partial charge in [-0.05, 0) is 48.2 Å². The van der Waals surface area contributed by atoms with Gasteiger partial charge in [-0.3, -0.25) is 4.55 Å². The second kappa shape index (κ2) is 6.07. The average molecular weight is 292 g/mol. The van der Waals surface area contributed by atoms with Gasteiger partial charge in [-0.1, -0.05) is 24.3 Å². The molecule has 2 aromatic rings. The summed E-state index contributed by atoms with van der Waals surface area (Å²) in [7, 11) is -2.48. The van der Waals surface area contributed by atoms with Crippen molar-refractivity contribution in [3.05, 3.63) is 59.7 Å². The Morgan fingerprint density at radius 3 is 1.75 bits per heavy atom. The molecule has 0 radical (unpaired) electrons. The Morgan fingerprint density at radius 2 is 1.35 bits per heavy atom. The van der Waals surface area contributed by atoms with Crippen LogP contribution in [-0.4, -0.2) is 20.1 Å². The molecule has 0 amide bonds. The molecule has 0 bridgehead atoms. The summed E-state index contributed by atoms with van der Waals surface area (Å²) in [4.78, 5) is -0.0781. The zero-order valence-corrected chi connectivity index (χ0v) is 11.9. The van der Waals surface area contributed by atoms with Gasteiger partial charge in [0.2, 0.25) is 0 Å². The van der Waals surface area contributed by atoms with E-state index in [2.05, 4.69) is 0 Å². The molecule has 5 heteroatoms. The second-order valence-corrected chi connectivity index (χ2v) is 5.89. The molecule has 2 aromatic carbocycles. The fourth-order valence-corrected chi connectivity index (χ4v) is 2.39. The van der Waals surface area contributed by atoms with Crippen molar-refractivity contribution in [2.45, 2.75) is 17.7 Å². The first-order valence-corrected chi connectivity index (χ1v) is 7.62. The van der Waals surface area contributed by atoms with Crippen LogP contribution in [0, 0.1) is 0 Å². The number of rotatable bonds is 5. The first-order chi connectivity index (χ1) is 9.49. The summed E-state index contributed by atoms with van der Waals surface area (Å²) in [6.45, 7) is 0. The predicted octanol–water partition coefficient (Wildman–Crippen LogP) is 2.73. The molecule has 0 aliphatic rings. The van der Waals surface area contributed by atoms with E-state index in [1.807, 2.05) is 24.3 Å². The molecule has 0 saturated carbocycles. The van der Waals surface area contributed by atoms with Crippen LogP contribution in [0.2, 0.25) is 0 Å². The van der Waals surface area contributed by atoms with Crippen molar-refractivity contribution in [1.82, 2.24) is 0 Å². The van der Waals surface area contributed by atoms with E-state index in [1.54, 1.807) is 19.2 Å². The molecule has 0 unspecified atom stereocenters. The molecule has 106 valence electrons. The summed E-state index contributed by atoms with van der Waals surface area (Å²) in [6.07, 6.45) is 1.66. The highest BCUT2D eigenvalue weighted by Crippen LogP contribution is 2.15. The molecule has 0 aromatic heterocycles. The Bertz CT molecular complexity index is 658. The van der Waals surface area contributed by atoms with E-state index in [1.165, 1.54) is 17.7 Å². The lowest BCUT2D eigenvalue weighted by molar-refractivity contribution is 0.414.